The molecule has 0 aromatic carbocycles. The number of hydrogen-bond acceptors (Lipinski definition) is 4. The molecule has 0 aliphatic carbocycles. The lowest BCUT2D eigenvalue weighted by Crippen LogP contribution is -2.53. The molecule has 0 aliphatic heterocycles. The predicted molar refractivity (Wildman–Crippen MR) is 73.7 cm³/mol. The molecule has 6 heteroatoms. The third-order valence-electron chi connectivity index (χ3n) is 2.48. The monoisotopic (exact) mass is 351 g/mol. The minimum atomic E-state index is -0.736. The van der Waals surface area contributed by atoms with Gasteiger partial charge in [0, 0.05) is 6.20 Å². The fourth-order valence-corrected chi connectivity index (χ4v) is 2.01. The van der Waals surface area contributed by atoms with E-state index in [1.165, 1.54) is 7.11 Å². The highest BCUT2D eigenvalue weighted by molar-refractivity contribution is 14.1. The Kier molecular flexibility index (Phi) is 5.38. The zero-order chi connectivity index (χ0) is 12.9. The summed E-state index contributed by atoms with van der Waals surface area (Å²) in [5, 5.41) is 7.40. The van der Waals surface area contributed by atoms with Crippen LogP contribution in [-0.4, -0.2) is 34.9 Å². The molecule has 0 radical (unpaired) electrons. The predicted octanol–water partition coefficient (Wildman–Crippen LogP) is 1.42. The van der Waals surface area contributed by atoms with Gasteiger partial charge in [-0.2, -0.15) is 5.10 Å². The number of hydrogen-bond donors (Lipinski definition) is 1. The van der Waals surface area contributed by atoms with Gasteiger partial charge < -0.3 is 10.1 Å². The Morgan fingerprint density at radius 1 is 1.71 bits per heavy atom. The number of aromatic nitrogens is 2. The molecule has 5 nitrogen and oxygen atoms in total. The highest BCUT2D eigenvalue weighted by atomic mass is 127. The van der Waals surface area contributed by atoms with Crippen LogP contribution in [0.15, 0.2) is 12.4 Å². The van der Waals surface area contributed by atoms with Gasteiger partial charge in [0.1, 0.15) is 5.54 Å². The van der Waals surface area contributed by atoms with E-state index in [4.69, 9.17) is 4.74 Å². The van der Waals surface area contributed by atoms with Gasteiger partial charge >= 0.3 is 5.97 Å². The third-order valence-corrected chi connectivity index (χ3v) is 3.04. The van der Waals surface area contributed by atoms with Crippen molar-refractivity contribution in [1.29, 1.82) is 0 Å². The molecule has 0 amide bonds. The number of nitrogens with zero attached hydrogens (tertiary/aromatic N) is 2. The van der Waals surface area contributed by atoms with E-state index in [1.807, 2.05) is 13.1 Å². The van der Waals surface area contributed by atoms with Crippen LogP contribution in [0.5, 0.6) is 0 Å². The Morgan fingerprint density at radius 3 is 2.88 bits per heavy atom. The van der Waals surface area contributed by atoms with Gasteiger partial charge in [-0.05, 0) is 42.5 Å². The molecular weight excluding hydrogens is 333 g/mol. The van der Waals surface area contributed by atoms with Crippen molar-refractivity contribution in [1.82, 2.24) is 15.1 Å². The van der Waals surface area contributed by atoms with E-state index in [0.29, 0.717) is 6.54 Å². The molecule has 1 N–H and O–H groups in total. The molecule has 1 unspecified atom stereocenters. The molecule has 0 aliphatic rings. The molecule has 0 bridgehead atoms. The number of rotatable bonds is 6. The van der Waals surface area contributed by atoms with E-state index in [2.05, 4.69) is 39.9 Å². The third kappa shape index (κ3) is 3.95. The minimum absolute atomic E-state index is 0.267. The van der Waals surface area contributed by atoms with Crippen LogP contribution in [0.4, 0.5) is 0 Å². The molecule has 0 spiro atoms. The molecule has 0 saturated heterocycles. The van der Waals surface area contributed by atoms with Crippen LogP contribution >= 0.6 is 22.6 Å². The summed E-state index contributed by atoms with van der Waals surface area (Å²) in [6, 6.07) is 0. The lowest BCUT2D eigenvalue weighted by molar-refractivity contribution is -0.148. The van der Waals surface area contributed by atoms with Gasteiger partial charge in [-0.1, -0.05) is 6.92 Å². The molecular formula is C11H18IN3O2. The van der Waals surface area contributed by atoms with Crippen molar-refractivity contribution in [3.05, 3.63) is 16.0 Å². The van der Waals surface area contributed by atoms with Gasteiger partial charge in [0.25, 0.3) is 0 Å². The van der Waals surface area contributed by atoms with E-state index < -0.39 is 5.54 Å². The Balaban J connectivity index is 2.79. The van der Waals surface area contributed by atoms with Crippen molar-refractivity contribution >= 4 is 28.6 Å². The van der Waals surface area contributed by atoms with Crippen molar-refractivity contribution < 1.29 is 9.53 Å². The Hall–Kier alpha value is -0.630. The SMILES string of the molecule is CCCNC(C)(Cn1cc(I)cn1)C(=O)OC. The number of esters is 1. The number of nitrogens with one attached hydrogen (secondary N) is 1. The van der Waals surface area contributed by atoms with Gasteiger partial charge in [-0.3, -0.25) is 4.68 Å². The van der Waals surface area contributed by atoms with Crippen LogP contribution in [0.2, 0.25) is 0 Å². The number of methoxy groups -OCH3 is 1. The average Bonchev–Trinajstić information content (AvgIpc) is 2.70. The molecule has 1 aromatic heterocycles. The first-order chi connectivity index (χ1) is 8.01. The summed E-state index contributed by atoms with van der Waals surface area (Å²) in [5.41, 5.74) is -0.736. The highest BCUT2D eigenvalue weighted by Crippen LogP contribution is 2.11. The Bertz CT molecular complexity index is 381. The van der Waals surface area contributed by atoms with Crippen LogP contribution < -0.4 is 5.32 Å². The zero-order valence-electron chi connectivity index (χ0n) is 10.4. The number of halogens is 1. The maximum atomic E-state index is 11.8. The molecule has 0 fully saturated rings. The van der Waals surface area contributed by atoms with E-state index in [1.54, 1.807) is 10.9 Å². The summed E-state index contributed by atoms with van der Waals surface area (Å²) in [5.74, 6) is -0.267. The fourth-order valence-electron chi connectivity index (χ4n) is 1.57. The molecule has 17 heavy (non-hydrogen) atoms. The van der Waals surface area contributed by atoms with Crippen LogP contribution in [-0.2, 0) is 16.1 Å². The van der Waals surface area contributed by atoms with Gasteiger partial charge in [0.15, 0.2) is 0 Å². The summed E-state index contributed by atoms with van der Waals surface area (Å²) in [6.07, 6.45) is 4.62. The fraction of sp³-hybridized carbons (Fsp3) is 0.636. The maximum Gasteiger partial charge on any atom is 0.327 e. The summed E-state index contributed by atoms with van der Waals surface area (Å²) in [7, 11) is 1.40. The molecule has 96 valence electrons. The van der Waals surface area contributed by atoms with Crippen molar-refractivity contribution in [2.75, 3.05) is 13.7 Å². The van der Waals surface area contributed by atoms with Crippen LogP contribution in [0.3, 0.4) is 0 Å². The number of ether oxygens (including phenoxy) is 1. The summed E-state index contributed by atoms with van der Waals surface area (Å²) in [4.78, 5) is 11.8. The summed E-state index contributed by atoms with van der Waals surface area (Å²) in [6.45, 7) is 5.12. The topological polar surface area (TPSA) is 56.2 Å². The first-order valence-corrected chi connectivity index (χ1v) is 6.61. The van der Waals surface area contributed by atoms with Crippen LogP contribution in [0, 0.1) is 3.57 Å². The van der Waals surface area contributed by atoms with Crippen molar-refractivity contribution in [3.8, 4) is 0 Å². The second-order valence-corrected chi connectivity index (χ2v) is 5.35. The zero-order valence-corrected chi connectivity index (χ0v) is 12.5. The van der Waals surface area contributed by atoms with Crippen LogP contribution in [0.1, 0.15) is 20.3 Å². The molecule has 1 aromatic rings. The smallest absolute Gasteiger partial charge is 0.327 e. The minimum Gasteiger partial charge on any atom is -0.468 e. The average molecular weight is 351 g/mol. The quantitative estimate of drug-likeness (QED) is 0.622. The Morgan fingerprint density at radius 2 is 2.41 bits per heavy atom. The highest BCUT2D eigenvalue weighted by Gasteiger charge is 2.34. The maximum absolute atomic E-state index is 11.8. The van der Waals surface area contributed by atoms with Gasteiger partial charge in [0.05, 0.1) is 23.4 Å². The second kappa shape index (κ2) is 6.34. The summed E-state index contributed by atoms with van der Waals surface area (Å²) < 4.78 is 7.64. The lowest BCUT2D eigenvalue weighted by Gasteiger charge is -2.27. The lowest BCUT2D eigenvalue weighted by atomic mass is 10.0. The van der Waals surface area contributed by atoms with E-state index in [0.717, 1.165) is 16.5 Å². The molecule has 1 atom stereocenters. The van der Waals surface area contributed by atoms with E-state index in [-0.39, 0.29) is 5.97 Å². The van der Waals surface area contributed by atoms with Gasteiger partial charge in [-0.25, -0.2) is 4.79 Å². The molecule has 0 saturated carbocycles. The second-order valence-electron chi connectivity index (χ2n) is 4.11. The first-order valence-electron chi connectivity index (χ1n) is 5.53. The first kappa shape index (κ1) is 14.4. The van der Waals surface area contributed by atoms with E-state index in [9.17, 15) is 4.79 Å². The van der Waals surface area contributed by atoms with Gasteiger partial charge in [-0.15, -0.1) is 0 Å². The normalized spacial score (nSPS) is 14.4. The Labute approximate surface area is 115 Å². The largest absolute Gasteiger partial charge is 0.468 e. The molecule has 1 heterocycles. The van der Waals surface area contributed by atoms with Crippen molar-refractivity contribution in [2.24, 2.45) is 0 Å². The summed E-state index contributed by atoms with van der Waals surface area (Å²) >= 11 is 2.19. The van der Waals surface area contributed by atoms with Crippen LogP contribution in [0.25, 0.3) is 0 Å². The van der Waals surface area contributed by atoms with Gasteiger partial charge in [0.2, 0.25) is 0 Å². The standard InChI is InChI=1S/C11H18IN3O2/c1-4-5-13-11(2,10(16)17-3)8-15-7-9(12)6-14-15/h6-7,13H,4-5,8H2,1-3H3. The molecule has 1 rings (SSSR count). The number of carbonyl (C=O) groups excluding carboxylic acids is 1. The number of carbonyl (C=O) groups is 1. The van der Waals surface area contributed by atoms with Crippen molar-refractivity contribution in [3.63, 3.8) is 0 Å². The van der Waals surface area contributed by atoms with E-state index >= 15 is 0 Å². The van der Waals surface area contributed by atoms with Crippen molar-refractivity contribution in [2.45, 2.75) is 32.4 Å².